The molecule has 2 fully saturated rings. The van der Waals surface area contributed by atoms with E-state index in [9.17, 15) is 18.5 Å². The second kappa shape index (κ2) is 6.41. The maximum Gasteiger partial charge on any atom is 0.239 e. The van der Waals surface area contributed by atoms with Crippen molar-refractivity contribution in [1.29, 1.82) is 5.26 Å². The lowest BCUT2D eigenvalue weighted by Crippen LogP contribution is -2.49. The molecule has 0 aromatic heterocycles. The van der Waals surface area contributed by atoms with Gasteiger partial charge in [-0.15, -0.1) is 6.58 Å². The van der Waals surface area contributed by atoms with Crippen molar-refractivity contribution in [3.8, 4) is 6.07 Å². The van der Waals surface area contributed by atoms with Gasteiger partial charge < -0.3 is 0 Å². The topological polar surface area (TPSA) is 87.0 Å². The summed E-state index contributed by atoms with van der Waals surface area (Å²) in [5, 5.41) is 9.40. The molecule has 0 aromatic carbocycles. The Balaban J connectivity index is 2.06. The van der Waals surface area contributed by atoms with Gasteiger partial charge in [-0.3, -0.25) is 9.52 Å². The van der Waals surface area contributed by atoms with E-state index in [1.807, 2.05) is 0 Å². The first-order valence-corrected chi connectivity index (χ1v) is 9.59. The van der Waals surface area contributed by atoms with Crippen LogP contribution < -0.4 is 4.72 Å². The molecule has 2 aliphatic carbocycles. The van der Waals surface area contributed by atoms with Gasteiger partial charge in [0, 0.05) is 0 Å². The molecule has 1 amide bonds. The summed E-state index contributed by atoms with van der Waals surface area (Å²) in [6, 6.07) is 2.19. The van der Waals surface area contributed by atoms with Gasteiger partial charge in [-0.1, -0.05) is 31.8 Å². The Morgan fingerprint density at radius 1 is 1.18 bits per heavy atom. The average molecular weight is 324 g/mol. The second-order valence-corrected chi connectivity index (χ2v) is 8.49. The van der Waals surface area contributed by atoms with Crippen molar-refractivity contribution in [3.05, 3.63) is 12.7 Å². The fourth-order valence-corrected chi connectivity index (χ4v) is 5.22. The number of amides is 1. The van der Waals surface area contributed by atoms with Gasteiger partial charge in [0.15, 0.2) is 0 Å². The zero-order valence-corrected chi connectivity index (χ0v) is 13.8. The highest BCUT2D eigenvalue weighted by molar-refractivity contribution is 7.90. The lowest BCUT2D eigenvalue weighted by Gasteiger charge is -2.39. The molecule has 122 valence electrons. The maximum atomic E-state index is 12.4. The molecule has 0 unspecified atom stereocenters. The summed E-state index contributed by atoms with van der Waals surface area (Å²) in [6.45, 7) is 3.65. The van der Waals surface area contributed by atoms with E-state index >= 15 is 0 Å². The number of hydrogen-bond acceptors (Lipinski definition) is 4. The minimum atomic E-state index is -3.78. The summed E-state index contributed by atoms with van der Waals surface area (Å²) >= 11 is 0. The Morgan fingerprint density at radius 3 is 2.27 bits per heavy atom. The summed E-state index contributed by atoms with van der Waals surface area (Å²) in [6.07, 6.45) is 8.47. The van der Waals surface area contributed by atoms with Crippen molar-refractivity contribution in [2.75, 3.05) is 5.75 Å². The number of nitrogens with one attached hydrogen (secondary N) is 1. The van der Waals surface area contributed by atoms with Crippen molar-refractivity contribution in [2.24, 2.45) is 10.8 Å². The number of nitriles is 1. The fourth-order valence-electron chi connectivity index (χ4n) is 3.57. The molecule has 6 heteroatoms. The molecule has 2 aliphatic rings. The number of sulfonamides is 1. The minimum Gasteiger partial charge on any atom is -0.273 e. The van der Waals surface area contributed by atoms with Gasteiger partial charge in [0.2, 0.25) is 15.9 Å². The lowest BCUT2D eigenvalue weighted by molar-refractivity contribution is -0.133. The van der Waals surface area contributed by atoms with E-state index in [2.05, 4.69) is 17.4 Å². The highest BCUT2D eigenvalue weighted by atomic mass is 32.2. The molecule has 0 atom stereocenters. The molecule has 2 rings (SSSR count). The predicted molar refractivity (Wildman–Crippen MR) is 84.2 cm³/mol. The highest BCUT2D eigenvalue weighted by Crippen LogP contribution is 2.44. The zero-order valence-electron chi connectivity index (χ0n) is 12.9. The van der Waals surface area contributed by atoms with E-state index in [0.717, 1.165) is 25.7 Å². The van der Waals surface area contributed by atoms with Gasteiger partial charge in [-0.2, -0.15) is 5.26 Å². The summed E-state index contributed by atoms with van der Waals surface area (Å²) in [4.78, 5) is 12.4. The lowest BCUT2D eigenvalue weighted by atomic mass is 9.66. The third kappa shape index (κ3) is 3.52. The van der Waals surface area contributed by atoms with E-state index in [0.29, 0.717) is 32.1 Å². The number of carbonyl (C=O) groups excluding carboxylic acids is 1. The zero-order chi connectivity index (χ0) is 16.3. The fraction of sp³-hybridized carbons (Fsp3) is 0.750. The molecule has 1 N–H and O–H groups in total. The van der Waals surface area contributed by atoms with Crippen LogP contribution in [0.1, 0.15) is 57.8 Å². The molecular weight excluding hydrogens is 300 g/mol. The molecule has 22 heavy (non-hydrogen) atoms. The maximum absolute atomic E-state index is 12.4. The standard InChI is InChI=1S/C16H24N2O3S/c1-2-7-16(10-6-11-16)14(19)18-22(20,21)13-15(12-17)8-4-3-5-9-15/h2H,1,3-11,13H2,(H,18,19). The molecule has 0 bridgehead atoms. The van der Waals surface area contributed by atoms with Crippen LogP contribution in [0.5, 0.6) is 0 Å². The van der Waals surface area contributed by atoms with Gasteiger partial charge in [-0.25, -0.2) is 8.42 Å². The number of nitrogens with zero attached hydrogens (tertiary/aromatic N) is 1. The van der Waals surface area contributed by atoms with Gasteiger partial charge in [0.1, 0.15) is 0 Å². The van der Waals surface area contributed by atoms with Crippen molar-refractivity contribution in [3.63, 3.8) is 0 Å². The van der Waals surface area contributed by atoms with Crippen LogP contribution in [0, 0.1) is 22.2 Å². The Labute approximate surface area is 132 Å². The van der Waals surface area contributed by atoms with Gasteiger partial charge >= 0.3 is 0 Å². The van der Waals surface area contributed by atoms with Crippen LogP contribution >= 0.6 is 0 Å². The van der Waals surface area contributed by atoms with Crippen LogP contribution in [0.4, 0.5) is 0 Å². The average Bonchev–Trinajstić information content (AvgIpc) is 2.42. The van der Waals surface area contributed by atoms with E-state index in [4.69, 9.17) is 0 Å². The number of allylic oxidation sites excluding steroid dienone is 1. The summed E-state index contributed by atoms with van der Waals surface area (Å²) in [5.41, 5.74) is -1.45. The number of hydrogen-bond donors (Lipinski definition) is 1. The predicted octanol–water partition coefficient (Wildman–Crippen LogP) is 2.65. The second-order valence-electron chi connectivity index (χ2n) is 6.77. The SMILES string of the molecule is C=CCC1(C(=O)NS(=O)(=O)CC2(C#N)CCCCC2)CCC1. The normalized spacial score (nSPS) is 22.9. The van der Waals surface area contributed by atoms with Gasteiger partial charge in [-0.05, 0) is 32.1 Å². The minimum absolute atomic E-state index is 0.271. The quantitative estimate of drug-likeness (QED) is 0.761. The van der Waals surface area contributed by atoms with Gasteiger partial charge in [0.05, 0.1) is 22.7 Å². The van der Waals surface area contributed by atoms with Crippen LogP contribution in [-0.4, -0.2) is 20.1 Å². The first-order chi connectivity index (χ1) is 10.4. The Hall–Kier alpha value is -1.35. The largest absolute Gasteiger partial charge is 0.273 e. The summed E-state index contributed by atoms with van der Waals surface area (Å²) in [7, 11) is -3.78. The van der Waals surface area contributed by atoms with E-state index in [1.165, 1.54) is 0 Å². The summed E-state index contributed by atoms with van der Waals surface area (Å²) in [5.74, 6) is -0.700. The molecule has 0 radical (unpaired) electrons. The van der Waals surface area contributed by atoms with Crippen molar-refractivity contribution in [1.82, 2.24) is 4.72 Å². The molecular formula is C16H24N2O3S. The Morgan fingerprint density at radius 2 is 1.82 bits per heavy atom. The highest BCUT2D eigenvalue weighted by Gasteiger charge is 2.45. The van der Waals surface area contributed by atoms with Crippen LogP contribution in [-0.2, 0) is 14.8 Å². The first-order valence-electron chi connectivity index (χ1n) is 7.94. The first kappa shape index (κ1) is 17.0. The third-order valence-corrected chi connectivity index (χ3v) is 6.52. The number of rotatable bonds is 6. The monoisotopic (exact) mass is 324 g/mol. The smallest absolute Gasteiger partial charge is 0.239 e. The van der Waals surface area contributed by atoms with E-state index in [1.54, 1.807) is 6.08 Å². The summed E-state index contributed by atoms with van der Waals surface area (Å²) < 4.78 is 26.9. The molecule has 0 aliphatic heterocycles. The molecule has 0 saturated heterocycles. The molecule has 0 spiro atoms. The van der Waals surface area contributed by atoms with Gasteiger partial charge in [0.25, 0.3) is 0 Å². The molecule has 2 saturated carbocycles. The number of carbonyl (C=O) groups is 1. The molecule has 0 aromatic rings. The van der Waals surface area contributed by atoms with E-state index in [-0.39, 0.29) is 5.75 Å². The Bertz CT molecular complexity index is 579. The van der Waals surface area contributed by atoms with Crippen LogP contribution in [0.3, 0.4) is 0 Å². The van der Waals surface area contributed by atoms with Crippen molar-refractivity contribution >= 4 is 15.9 Å². The van der Waals surface area contributed by atoms with E-state index < -0.39 is 26.8 Å². The molecule has 0 heterocycles. The Kier molecular flexibility index (Phi) is 4.96. The molecule has 5 nitrogen and oxygen atoms in total. The van der Waals surface area contributed by atoms with Crippen molar-refractivity contribution < 1.29 is 13.2 Å². The van der Waals surface area contributed by atoms with Crippen LogP contribution in [0.25, 0.3) is 0 Å². The third-order valence-electron chi connectivity index (χ3n) is 5.09. The van der Waals surface area contributed by atoms with Crippen LogP contribution in [0.15, 0.2) is 12.7 Å². The van der Waals surface area contributed by atoms with Crippen molar-refractivity contribution in [2.45, 2.75) is 57.8 Å². The van der Waals surface area contributed by atoms with Crippen LogP contribution in [0.2, 0.25) is 0 Å².